The van der Waals surface area contributed by atoms with Crippen LogP contribution < -0.4 is 9.47 Å². The average molecular weight is 581 g/mol. The lowest BCUT2D eigenvalue weighted by Gasteiger charge is -2.17. The zero-order valence-corrected chi connectivity index (χ0v) is 23.8. The summed E-state index contributed by atoms with van der Waals surface area (Å²) in [6.45, 7) is 6.46. The van der Waals surface area contributed by atoms with Crippen molar-refractivity contribution in [2.75, 3.05) is 6.61 Å². The maximum Gasteiger partial charge on any atom is 0.293 e. The van der Waals surface area contributed by atoms with Gasteiger partial charge in [0.1, 0.15) is 6.61 Å². The Balaban J connectivity index is 1.41. The Morgan fingerprint density at radius 1 is 0.976 bits per heavy atom. The molecule has 0 aromatic heterocycles. The summed E-state index contributed by atoms with van der Waals surface area (Å²) < 4.78 is 12.1. The van der Waals surface area contributed by atoms with E-state index in [2.05, 4.69) is 6.58 Å². The third-order valence-corrected chi connectivity index (χ3v) is 7.64. The first-order valence-electron chi connectivity index (χ1n) is 13.4. The van der Waals surface area contributed by atoms with Crippen molar-refractivity contribution in [1.82, 2.24) is 4.90 Å². The molecule has 9 heteroatoms. The number of benzene rings is 4. The number of carbonyl (C=O) groups is 2. The zero-order valence-electron chi connectivity index (χ0n) is 22.9. The number of imide groups is 1. The monoisotopic (exact) mass is 580 g/mol. The third kappa shape index (κ3) is 6.21. The van der Waals surface area contributed by atoms with Crippen LogP contribution in [0.25, 0.3) is 16.8 Å². The molecular weight excluding hydrogens is 552 g/mol. The number of thioether (sulfide) groups is 1. The minimum Gasteiger partial charge on any atom is -0.490 e. The molecule has 212 valence electrons. The van der Waals surface area contributed by atoms with Gasteiger partial charge in [-0.3, -0.25) is 24.6 Å². The number of nitro benzene ring substituents is 1. The first kappa shape index (κ1) is 28.6. The van der Waals surface area contributed by atoms with E-state index in [1.165, 1.54) is 17.0 Å². The molecule has 4 aromatic rings. The topological polar surface area (TPSA) is 99.0 Å². The predicted molar refractivity (Wildman–Crippen MR) is 164 cm³/mol. The molecule has 1 fully saturated rings. The minimum atomic E-state index is -0.447. The van der Waals surface area contributed by atoms with E-state index in [1.807, 2.05) is 55.5 Å². The first-order chi connectivity index (χ1) is 20.4. The summed E-state index contributed by atoms with van der Waals surface area (Å²) in [5.41, 5.74) is 3.15. The van der Waals surface area contributed by atoms with E-state index >= 15 is 0 Å². The Morgan fingerprint density at radius 2 is 1.74 bits per heavy atom. The summed E-state index contributed by atoms with van der Waals surface area (Å²) in [6.07, 6.45) is 3.91. The van der Waals surface area contributed by atoms with Crippen LogP contribution in [-0.2, 0) is 24.4 Å². The Labute approximate surface area is 247 Å². The van der Waals surface area contributed by atoms with Gasteiger partial charge >= 0.3 is 0 Å². The molecule has 0 saturated carbocycles. The van der Waals surface area contributed by atoms with Crippen molar-refractivity contribution in [1.29, 1.82) is 0 Å². The SMILES string of the molecule is C=CCc1cc(/C=C2/SC(=O)N(Cc3cccc4ccccc34)C2=O)cc(OCC)c1OCc1ccc([N+](=O)[O-])cc1. The molecule has 0 radical (unpaired) electrons. The van der Waals surface area contributed by atoms with Crippen molar-refractivity contribution < 1.29 is 24.0 Å². The summed E-state index contributed by atoms with van der Waals surface area (Å²) in [4.78, 5) is 38.4. The van der Waals surface area contributed by atoms with Crippen LogP contribution in [0, 0.1) is 10.1 Å². The second-order valence-corrected chi connectivity index (χ2v) is 10.5. The summed E-state index contributed by atoms with van der Waals surface area (Å²) >= 11 is 0.913. The van der Waals surface area contributed by atoms with Crippen molar-refractivity contribution in [3.8, 4) is 11.5 Å². The van der Waals surface area contributed by atoms with Crippen LogP contribution in [0.4, 0.5) is 10.5 Å². The maximum atomic E-state index is 13.4. The fourth-order valence-corrected chi connectivity index (χ4v) is 5.60. The van der Waals surface area contributed by atoms with E-state index in [1.54, 1.807) is 30.4 Å². The molecule has 42 heavy (non-hydrogen) atoms. The maximum absolute atomic E-state index is 13.4. The van der Waals surface area contributed by atoms with E-state index in [0.717, 1.165) is 39.2 Å². The molecule has 5 rings (SSSR count). The molecule has 2 amide bonds. The molecule has 4 aromatic carbocycles. The van der Waals surface area contributed by atoms with Gasteiger partial charge in [0.2, 0.25) is 0 Å². The summed E-state index contributed by atoms with van der Waals surface area (Å²) in [7, 11) is 0. The van der Waals surface area contributed by atoms with Gasteiger partial charge in [-0.2, -0.15) is 0 Å². The molecule has 8 nitrogen and oxygen atoms in total. The number of nitrogens with zero attached hydrogens (tertiary/aromatic N) is 2. The third-order valence-electron chi connectivity index (χ3n) is 6.73. The van der Waals surface area contributed by atoms with Gasteiger partial charge in [0, 0.05) is 17.7 Å². The van der Waals surface area contributed by atoms with E-state index in [-0.39, 0.29) is 30.0 Å². The molecule has 0 atom stereocenters. The molecular formula is C33H28N2O6S. The second kappa shape index (κ2) is 12.7. The van der Waals surface area contributed by atoms with Gasteiger partial charge in [-0.15, -0.1) is 6.58 Å². The number of carbonyl (C=O) groups excluding carboxylic acids is 2. The Hall–Kier alpha value is -4.89. The number of non-ortho nitro benzene ring substituents is 1. The summed E-state index contributed by atoms with van der Waals surface area (Å²) in [6, 6.07) is 23.6. The van der Waals surface area contributed by atoms with Gasteiger partial charge in [0.05, 0.1) is 23.0 Å². The molecule has 0 unspecified atom stereocenters. The van der Waals surface area contributed by atoms with Gasteiger partial charge in [0.15, 0.2) is 11.5 Å². The number of hydrogen-bond acceptors (Lipinski definition) is 7. The normalized spacial score (nSPS) is 14.0. The fraction of sp³-hybridized carbons (Fsp3) is 0.152. The molecule has 0 N–H and O–H groups in total. The molecule has 0 bridgehead atoms. The minimum absolute atomic E-state index is 0.00647. The smallest absolute Gasteiger partial charge is 0.293 e. The van der Waals surface area contributed by atoms with Crippen molar-refractivity contribution in [3.63, 3.8) is 0 Å². The van der Waals surface area contributed by atoms with Gasteiger partial charge < -0.3 is 9.47 Å². The highest BCUT2D eigenvalue weighted by molar-refractivity contribution is 8.18. The Morgan fingerprint density at radius 3 is 2.48 bits per heavy atom. The average Bonchev–Trinajstić information content (AvgIpc) is 3.24. The largest absolute Gasteiger partial charge is 0.490 e. The fourth-order valence-electron chi connectivity index (χ4n) is 4.76. The number of rotatable bonds is 11. The lowest BCUT2D eigenvalue weighted by atomic mass is 10.0. The van der Waals surface area contributed by atoms with Crippen LogP contribution in [0.2, 0.25) is 0 Å². The number of fused-ring (bicyclic) bond motifs is 1. The highest BCUT2D eigenvalue weighted by Crippen LogP contribution is 2.38. The number of nitro groups is 1. The van der Waals surface area contributed by atoms with Gasteiger partial charge in [0.25, 0.3) is 16.8 Å². The molecule has 0 aliphatic carbocycles. The van der Waals surface area contributed by atoms with Crippen LogP contribution in [0.3, 0.4) is 0 Å². The van der Waals surface area contributed by atoms with Crippen molar-refractivity contribution in [3.05, 3.63) is 129 Å². The number of hydrogen-bond donors (Lipinski definition) is 0. The molecule has 1 aliphatic heterocycles. The van der Waals surface area contributed by atoms with Crippen LogP contribution >= 0.6 is 11.8 Å². The highest BCUT2D eigenvalue weighted by atomic mass is 32.2. The van der Waals surface area contributed by atoms with Crippen LogP contribution in [0.15, 0.2) is 96.4 Å². The number of allylic oxidation sites excluding steroid dienone is 1. The van der Waals surface area contributed by atoms with Gasteiger partial charge in [-0.25, -0.2) is 0 Å². The van der Waals surface area contributed by atoms with Gasteiger partial charge in [-0.1, -0.05) is 48.5 Å². The lowest BCUT2D eigenvalue weighted by molar-refractivity contribution is -0.384. The first-order valence-corrected chi connectivity index (χ1v) is 14.2. The molecule has 1 aliphatic rings. The van der Waals surface area contributed by atoms with Crippen molar-refractivity contribution in [2.24, 2.45) is 0 Å². The lowest BCUT2D eigenvalue weighted by Crippen LogP contribution is -2.27. The Bertz CT molecular complexity index is 1710. The van der Waals surface area contributed by atoms with E-state index in [4.69, 9.17) is 9.47 Å². The zero-order chi connectivity index (χ0) is 29.6. The van der Waals surface area contributed by atoms with Crippen molar-refractivity contribution in [2.45, 2.75) is 26.5 Å². The van der Waals surface area contributed by atoms with Gasteiger partial charge in [-0.05, 0) is 82.9 Å². The molecule has 1 saturated heterocycles. The predicted octanol–water partition coefficient (Wildman–Crippen LogP) is 7.69. The number of amides is 2. The Kier molecular flexibility index (Phi) is 8.68. The van der Waals surface area contributed by atoms with E-state index < -0.39 is 4.92 Å². The van der Waals surface area contributed by atoms with E-state index in [0.29, 0.717) is 35.0 Å². The van der Waals surface area contributed by atoms with Crippen LogP contribution in [0.1, 0.15) is 29.2 Å². The molecule has 0 spiro atoms. The quantitative estimate of drug-likeness (QED) is 0.0776. The summed E-state index contributed by atoms with van der Waals surface area (Å²) in [5, 5.41) is 12.7. The van der Waals surface area contributed by atoms with E-state index in [9.17, 15) is 19.7 Å². The summed E-state index contributed by atoms with van der Waals surface area (Å²) in [5.74, 6) is 0.663. The highest BCUT2D eigenvalue weighted by Gasteiger charge is 2.35. The molecule has 1 heterocycles. The van der Waals surface area contributed by atoms with Crippen LogP contribution in [-0.4, -0.2) is 27.6 Å². The van der Waals surface area contributed by atoms with Crippen molar-refractivity contribution >= 4 is 45.4 Å². The van der Waals surface area contributed by atoms with Crippen LogP contribution in [0.5, 0.6) is 11.5 Å². The number of ether oxygens (including phenoxy) is 2. The standard InChI is InChI=1S/C33H28N2O6S/c1-3-8-25-17-23(18-29(40-4-2)31(25)41-21-22-13-15-27(16-14-22)35(38)39)19-30-32(36)34(33(37)42-30)20-26-11-7-10-24-9-5-6-12-28(24)26/h3,5-7,9-19H,1,4,8,20-21H2,2H3/b30-19+. The second-order valence-electron chi connectivity index (χ2n) is 9.55.